The Kier molecular flexibility index (Phi) is 7.86. The molecule has 1 aliphatic carbocycles. The molecule has 0 radical (unpaired) electrons. The van der Waals surface area contributed by atoms with E-state index >= 15 is 0 Å². The van der Waals surface area contributed by atoms with Crippen molar-refractivity contribution in [1.82, 2.24) is 19.1 Å². The number of pyridine rings is 1. The van der Waals surface area contributed by atoms with Crippen LogP contribution in [0, 0.1) is 0 Å². The third kappa shape index (κ3) is 5.97. The number of hydrogen-bond acceptors (Lipinski definition) is 8. The number of aromatic nitrogens is 1. The summed E-state index contributed by atoms with van der Waals surface area (Å²) < 4.78 is 33.1. The Labute approximate surface area is 233 Å². The third-order valence-corrected chi connectivity index (χ3v) is 11.1. The molecule has 1 aromatic carbocycles. The molecule has 39 heavy (non-hydrogen) atoms. The maximum absolute atomic E-state index is 12.8. The number of rotatable bonds is 9. The van der Waals surface area contributed by atoms with Gasteiger partial charge in [0.1, 0.15) is 0 Å². The van der Waals surface area contributed by atoms with Gasteiger partial charge in [0.05, 0.1) is 40.1 Å². The zero-order chi connectivity index (χ0) is 26.8. The zero-order valence-corrected chi connectivity index (χ0v) is 23.7. The van der Waals surface area contributed by atoms with Gasteiger partial charge in [-0.1, -0.05) is 12.1 Å². The van der Waals surface area contributed by atoms with Crippen molar-refractivity contribution >= 4 is 43.2 Å². The molecule has 2 aliphatic heterocycles. The number of carbonyl (C=O) groups is 1. The number of benzene rings is 1. The minimum absolute atomic E-state index is 0.0411. The van der Waals surface area contributed by atoms with E-state index in [4.69, 9.17) is 9.72 Å². The first-order valence-electron chi connectivity index (χ1n) is 13.8. The summed E-state index contributed by atoms with van der Waals surface area (Å²) >= 11 is 1.68. The molecule has 1 N–H and O–H groups in total. The van der Waals surface area contributed by atoms with Crippen molar-refractivity contribution in [3.05, 3.63) is 47.3 Å². The first-order chi connectivity index (χ1) is 19.0. The number of nitrogens with zero attached hydrogens (tertiary/aromatic N) is 4. The van der Waals surface area contributed by atoms with Crippen LogP contribution in [0.25, 0.3) is 21.5 Å². The normalized spacial score (nSPS) is 19.4. The highest BCUT2D eigenvalue weighted by Crippen LogP contribution is 2.33. The molecule has 4 heterocycles. The van der Waals surface area contributed by atoms with Gasteiger partial charge in [-0.3, -0.25) is 4.79 Å². The van der Waals surface area contributed by atoms with Crippen molar-refractivity contribution in [2.24, 2.45) is 0 Å². The summed E-state index contributed by atoms with van der Waals surface area (Å²) in [5, 5.41) is 5.56. The number of piperazine rings is 1. The van der Waals surface area contributed by atoms with Gasteiger partial charge in [0.15, 0.2) is 0 Å². The minimum atomic E-state index is -3.06. The number of nitrogens with one attached hydrogen (secondary N) is 1. The van der Waals surface area contributed by atoms with Crippen molar-refractivity contribution in [1.29, 1.82) is 0 Å². The van der Waals surface area contributed by atoms with Crippen molar-refractivity contribution in [3.8, 4) is 11.3 Å². The van der Waals surface area contributed by atoms with Crippen LogP contribution < -0.4 is 5.32 Å². The lowest BCUT2D eigenvalue weighted by Gasteiger charge is -2.34. The standard InChI is InChI=1S/C28H35N5O4S2/c34-28(32-15-17-37-18-16-32)22-4-2-21(3-5-22)25-20-26(27-24(30-25)8-19-38-27)29-9-1-10-31-11-13-33(14-12-31)39(35,36)23-6-7-23/h2-5,8,19-20,23H,1,6-7,9-18H2,(H,29,30). The van der Waals surface area contributed by atoms with Gasteiger partial charge in [-0.25, -0.2) is 13.4 Å². The van der Waals surface area contributed by atoms with Crippen LogP contribution in [0.4, 0.5) is 5.69 Å². The Bertz CT molecular complexity index is 1410. The van der Waals surface area contributed by atoms with E-state index in [0.29, 0.717) is 45.0 Å². The molecule has 3 fully saturated rings. The number of amides is 1. The summed E-state index contributed by atoms with van der Waals surface area (Å²) in [4.78, 5) is 21.9. The van der Waals surface area contributed by atoms with Crippen LogP contribution in [0.2, 0.25) is 0 Å². The van der Waals surface area contributed by atoms with Crippen LogP contribution in [0.5, 0.6) is 0 Å². The molecule has 3 aromatic rings. The van der Waals surface area contributed by atoms with Crippen LogP contribution in [0.1, 0.15) is 29.6 Å². The number of hydrogen-bond donors (Lipinski definition) is 1. The minimum Gasteiger partial charge on any atom is -0.384 e. The fraction of sp³-hybridized carbons (Fsp3) is 0.500. The van der Waals surface area contributed by atoms with E-state index in [0.717, 1.165) is 72.6 Å². The van der Waals surface area contributed by atoms with Gasteiger partial charge in [0.25, 0.3) is 5.91 Å². The van der Waals surface area contributed by atoms with Crippen LogP contribution >= 0.6 is 11.3 Å². The first-order valence-corrected chi connectivity index (χ1v) is 16.2. The van der Waals surface area contributed by atoms with Gasteiger partial charge in [0, 0.05) is 56.9 Å². The molecule has 9 nitrogen and oxygen atoms in total. The Balaban J connectivity index is 1.05. The molecule has 6 rings (SSSR count). The Morgan fingerprint density at radius 1 is 1.03 bits per heavy atom. The van der Waals surface area contributed by atoms with Gasteiger partial charge in [-0.05, 0) is 55.5 Å². The van der Waals surface area contributed by atoms with Crippen LogP contribution in [-0.4, -0.2) is 104 Å². The maximum atomic E-state index is 12.8. The number of thiophene rings is 1. The molecule has 3 aliphatic rings. The SMILES string of the molecule is O=C(c1ccc(-c2cc(NCCCN3CCN(S(=O)(=O)C4CC4)CC3)c3sccc3n2)cc1)N1CCOCC1. The highest BCUT2D eigenvalue weighted by Gasteiger charge is 2.40. The van der Waals surface area contributed by atoms with E-state index in [-0.39, 0.29) is 11.2 Å². The predicted octanol–water partition coefficient (Wildman–Crippen LogP) is 3.35. The van der Waals surface area contributed by atoms with Crippen molar-refractivity contribution < 1.29 is 17.9 Å². The van der Waals surface area contributed by atoms with Crippen LogP contribution in [0.3, 0.4) is 0 Å². The monoisotopic (exact) mass is 569 g/mol. The number of ether oxygens (including phenoxy) is 1. The summed E-state index contributed by atoms with van der Waals surface area (Å²) in [5.41, 5.74) is 4.56. The van der Waals surface area contributed by atoms with E-state index in [1.54, 1.807) is 15.6 Å². The summed E-state index contributed by atoms with van der Waals surface area (Å²) in [6, 6.07) is 11.9. The topological polar surface area (TPSA) is 95.1 Å². The summed E-state index contributed by atoms with van der Waals surface area (Å²) in [6.07, 6.45) is 2.61. The van der Waals surface area contributed by atoms with Gasteiger partial charge in [-0.2, -0.15) is 4.31 Å². The average Bonchev–Trinajstić information content (AvgIpc) is 3.74. The smallest absolute Gasteiger partial charge is 0.254 e. The second-order valence-electron chi connectivity index (χ2n) is 10.4. The lowest BCUT2D eigenvalue weighted by atomic mass is 10.1. The number of morpholine rings is 1. The number of carbonyl (C=O) groups excluding carboxylic acids is 1. The first kappa shape index (κ1) is 26.6. The number of fused-ring (bicyclic) bond motifs is 1. The molecule has 0 bridgehead atoms. The van der Waals surface area contributed by atoms with Crippen molar-refractivity contribution in [2.75, 3.05) is 70.9 Å². The number of anilines is 1. The highest BCUT2D eigenvalue weighted by atomic mass is 32.2. The Hall–Kier alpha value is -2.57. The molecule has 2 saturated heterocycles. The van der Waals surface area contributed by atoms with E-state index in [9.17, 15) is 13.2 Å². The fourth-order valence-corrected chi connectivity index (χ4v) is 7.93. The zero-order valence-electron chi connectivity index (χ0n) is 22.0. The van der Waals surface area contributed by atoms with Gasteiger partial charge < -0.3 is 19.9 Å². The predicted molar refractivity (Wildman–Crippen MR) is 155 cm³/mol. The van der Waals surface area contributed by atoms with Crippen LogP contribution in [-0.2, 0) is 14.8 Å². The van der Waals surface area contributed by atoms with Crippen molar-refractivity contribution in [2.45, 2.75) is 24.5 Å². The van der Waals surface area contributed by atoms with E-state index in [1.807, 2.05) is 35.2 Å². The van der Waals surface area contributed by atoms with Crippen molar-refractivity contribution in [3.63, 3.8) is 0 Å². The highest BCUT2D eigenvalue weighted by molar-refractivity contribution is 7.90. The van der Waals surface area contributed by atoms with Gasteiger partial charge >= 0.3 is 0 Å². The summed E-state index contributed by atoms with van der Waals surface area (Å²) in [6.45, 7) is 7.00. The Morgan fingerprint density at radius 3 is 2.49 bits per heavy atom. The van der Waals surface area contributed by atoms with E-state index in [2.05, 4.69) is 21.7 Å². The molecule has 0 unspecified atom stereocenters. The second kappa shape index (κ2) is 11.5. The molecule has 0 atom stereocenters. The van der Waals surface area contributed by atoms with Gasteiger partial charge in [-0.15, -0.1) is 11.3 Å². The summed E-state index contributed by atoms with van der Waals surface area (Å²) in [7, 11) is -3.06. The average molecular weight is 570 g/mol. The largest absolute Gasteiger partial charge is 0.384 e. The van der Waals surface area contributed by atoms with Crippen LogP contribution in [0.15, 0.2) is 41.8 Å². The fourth-order valence-electron chi connectivity index (χ4n) is 5.28. The molecule has 2 aromatic heterocycles. The maximum Gasteiger partial charge on any atom is 0.254 e. The van der Waals surface area contributed by atoms with E-state index in [1.165, 1.54) is 0 Å². The molecular weight excluding hydrogens is 534 g/mol. The third-order valence-electron chi connectivity index (χ3n) is 7.74. The quantitative estimate of drug-likeness (QED) is 0.395. The molecule has 208 valence electrons. The Morgan fingerprint density at radius 2 is 1.77 bits per heavy atom. The lowest BCUT2D eigenvalue weighted by Crippen LogP contribution is -2.49. The second-order valence-corrected chi connectivity index (χ2v) is 13.6. The molecule has 1 amide bonds. The van der Waals surface area contributed by atoms with E-state index < -0.39 is 10.0 Å². The molecule has 11 heteroatoms. The number of sulfonamides is 1. The molecule has 0 spiro atoms. The molecule has 1 saturated carbocycles. The lowest BCUT2D eigenvalue weighted by molar-refractivity contribution is 0.0303. The summed E-state index contributed by atoms with van der Waals surface area (Å²) in [5.74, 6) is 0.0411. The van der Waals surface area contributed by atoms with Gasteiger partial charge in [0.2, 0.25) is 10.0 Å². The molecular formula is C28H35N5O4S2.